The van der Waals surface area contributed by atoms with Crippen LogP contribution in [-0.2, 0) is 0 Å². The number of rotatable bonds is 6. The molecule has 0 aromatic rings. The summed E-state index contributed by atoms with van der Waals surface area (Å²) >= 11 is 0. The molecule has 0 heterocycles. The average Bonchev–Trinajstić information content (AvgIpc) is 2.16. The fourth-order valence-corrected chi connectivity index (χ4v) is 0.931. The zero-order valence-electron chi connectivity index (χ0n) is 9.64. The summed E-state index contributed by atoms with van der Waals surface area (Å²) in [5.74, 6) is 0. The number of nitrogens with one attached hydrogen (secondary N) is 1. The Labute approximate surface area is 83.1 Å². The molecule has 0 rings (SSSR count). The summed E-state index contributed by atoms with van der Waals surface area (Å²) < 4.78 is 0. The third kappa shape index (κ3) is 14.7. The molecule has 0 amide bonds. The van der Waals surface area contributed by atoms with E-state index in [9.17, 15) is 0 Å². The van der Waals surface area contributed by atoms with Crippen LogP contribution in [0, 0.1) is 0 Å². The second kappa shape index (κ2) is 14.4. The summed E-state index contributed by atoms with van der Waals surface area (Å²) in [6.07, 6.45) is 0. The number of aliphatic hydroxyl groups excluding tert-OH is 1. The van der Waals surface area contributed by atoms with Gasteiger partial charge in [-0.25, -0.2) is 0 Å². The van der Waals surface area contributed by atoms with Crippen LogP contribution in [0.4, 0.5) is 0 Å². The predicted octanol–water partition coefficient (Wildman–Crippen LogP) is 0.936. The first-order chi connectivity index (χ1) is 6.26. The number of likely N-dealkylation sites (N-methyl/N-ethyl adjacent to an activating group) is 1. The molecule has 13 heavy (non-hydrogen) atoms. The van der Waals surface area contributed by atoms with E-state index >= 15 is 0 Å². The van der Waals surface area contributed by atoms with Crippen LogP contribution in [0.15, 0.2) is 0 Å². The van der Waals surface area contributed by atoms with Gasteiger partial charge in [0.05, 0.1) is 6.61 Å². The summed E-state index contributed by atoms with van der Waals surface area (Å²) in [6, 6.07) is 0. The Balaban J connectivity index is 0. The molecule has 0 atom stereocenters. The molecule has 0 aliphatic carbocycles. The van der Waals surface area contributed by atoms with Gasteiger partial charge < -0.3 is 15.3 Å². The van der Waals surface area contributed by atoms with Gasteiger partial charge in [0.2, 0.25) is 0 Å². The molecule has 3 nitrogen and oxygen atoms in total. The Morgan fingerprint density at radius 3 is 1.54 bits per heavy atom. The van der Waals surface area contributed by atoms with Gasteiger partial charge in [0, 0.05) is 6.54 Å². The van der Waals surface area contributed by atoms with E-state index in [1.165, 1.54) is 0 Å². The standard InChI is InChI=1S/C6H15NO.C4H11N/c1-3-7(4-2)5-6-8;1-3-5-4-2/h8H,3-6H2,1-2H3;5H,3-4H2,1-2H3. The van der Waals surface area contributed by atoms with Crippen LogP contribution in [0.2, 0.25) is 0 Å². The summed E-state index contributed by atoms with van der Waals surface area (Å²) in [4.78, 5) is 2.18. The molecule has 0 spiro atoms. The monoisotopic (exact) mass is 190 g/mol. The van der Waals surface area contributed by atoms with Gasteiger partial charge in [-0.3, -0.25) is 0 Å². The Morgan fingerprint density at radius 2 is 1.46 bits per heavy atom. The van der Waals surface area contributed by atoms with Crippen LogP contribution in [0.5, 0.6) is 0 Å². The van der Waals surface area contributed by atoms with E-state index in [0.717, 1.165) is 32.7 Å². The largest absolute Gasteiger partial charge is 0.395 e. The fourth-order valence-electron chi connectivity index (χ4n) is 0.931. The highest BCUT2D eigenvalue weighted by atomic mass is 16.3. The van der Waals surface area contributed by atoms with Gasteiger partial charge in [-0.05, 0) is 26.2 Å². The first-order valence-corrected chi connectivity index (χ1v) is 5.30. The van der Waals surface area contributed by atoms with Crippen molar-refractivity contribution in [3.63, 3.8) is 0 Å². The van der Waals surface area contributed by atoms with Crippen molar-refractivity contribution in [2.45, 2.75) is 27.7 Å². The highest BCUT2D eigenvalue weighted by molar-refractivity contribution is 4.47. The van der Waals surface area contributed by atoms with E-state index in [0.29, 0.717) is 0 Å². The van der Waals surface area contributed by atoms with Gasteiger partial charge in [-0.15, -0.1) is 0 Å². The normalized spacial score (nSPS) is 9.69. The molecule has 0 aromatic carbocycles. The first kappa shape index (κ1) is 15.4. The molecule has 0 fully saturated rings. The quantitative estimate of drug-likeness (QED) is 0.654. The highest BCUT2D eigenvalue weighted by Gasteiger charge is 1.93. The van der Waals surface area contributed by atoms with E-state index in [2.05, 4.69) is 37.9 Å². The number of hydrogen-bond donors (Lipinski definition) is 2. The summed E-state index contributed by atoms with van der Waals surface area (Å²) in [6.45, 7) is 13.8. The lowest BCUT2D eigenvalue weighted by Crippen LogP contribution is -2.25. The highest BCUT2D eigenvalue weighted by Crippen LogP contribution is 1.82. The summed E-state index contributed by atoms with van der Waals surface area (Å²) in [5.41, 5.74) is 0. The predicted molar refractivity (Wildman–Crippen MR) is 59.1 cm³/mol. The zero-order valence-corrected chi connectivity index (χ0v) is 9.64. The van der Waals surface area contributed by atoms with E-state index in [1.54, 1.807) is 0 Å². The molecule has 0 saturated heterocycles. The Bertz CT molecular complexity index is 73.3. The molecule has 0 aromatic heterocycles. The lowest BCUT2D eigenvalue weighted by Gasteiger charge is -2.15. The molecule has 0 aliphatic heterocycles. The minimum Gasteiger partial charge on any atom is -0.395 e. The van der Waals surface area contributed by atoms with Crippen molar-refractivity contribution in [1.82, 2.24) is 10.2 Å². The van der Waals surface area contributed by atoms with Crippen LogP contribution < -0.4 is 5.32 Å². The maximum Gasteiger partial charge on any atom is 0.0558 e. The number of aliphatic hydroxyl groups is 1. The third-order valence-corrected chi connectivity index (χ3v) is 1.81. The van der Waals surface area contributed by atoms with E-state index in [1.807, 2.05) is 0 Å². The van der Waals surface area contributed by atoms with E-state index < -0.39 is 0 Å². The van der Waals surface area contributed by atoms with Crippen LogP contribution in [0.1, 0.15) is 27.7 Å². The molecular formula is C10H26N2O. The van der Waals surface area contributed by atoms with Gasteiger partial charge in [-0.1, -0.05) is 27.7 Å². The zero-order chi connectivity index (χ0) is 10.5. The van der Waals surface area contributed by atoms with Gasteiger partial charge in [0.25, 0.3) is 0 Å². The smallest absolute Gasteiger partial charge is 0.0558 e. The summed E-state index contributed by atoms with van der Waals surface area (Å²) in [5, 5.41) is 11.6. The van der Waals surface area contributed by atoms with Crippen molar-refractivity contribution in [1.29, 1.82) is 0 Å². The topological polar surface area (TPSA) is 35.5 Å². The van der Waals surface area contributed by atoms with Crippen molar-refractivity contribution < 1.29 is 5.11 Å². The lowest BCUT2D eigenvalue weighted by atomic mass is 10.5. The molecule has 0 bridgehead atoms. The Hall–Kier alpha value is -0.120. The molecular weight excluding hydrogens is 164 g/mol. The SMILES string of the molecule is CCN(CC)CCO.CCNCC. The van der Waals surface area contributed by atoms with Crippen LogP contribution in [-0.4, -0.2) is 49.3 Å². The second-order valence-electron chi connectivity index (χ2n) is 2.71. The molecule has 0 radical (unpaired) electrons. The average molecular weight is 190 g/mol. The molecule has 0 unspecified atom stereocenters. The number of hydrogen-bond acceptors (Lipinski definition) is 3. The minimum absolute atomic E-state index is 0.279. The van der Waals surface area contributed by atoms with E-state index in [4.69, 9.17) is 5.11 Å². The second-order valence-corrected chi connectivity index (χ2v) is 2.71. The van der Waals surface area contributed by atoms with Crippen molar-refractivity contribution >= 4 is 0 Å². The van der Waals surface area contributed by atoms with Crippen molar-refractivity contribution in [2.24, 2.45) is 0 Å². The minimum atomic E-state index is 0.279. The maximum atomic E-state index is 8.46. The Kier molecular flexibility index (Phi) is 17.0. The molecule has 3 heteroatoms. The fraction of sp³-hybridized carbons (Fsp3) is 1.00. The van der Waals surface area contributed by atoms with Gasteiger partial charge in [0.1, 0.15) is 0 Å². The summed E-state index contributed by atoms with van der Waals surface area (Å²) in [7, 11) is 0. The number of nitrogens with zero attached hydrogens (tertiary/aromatic N) is 1. The van der Waals surface area contributed by atoms with Crippen molar-refractivity contribution in [3.05, 3.63) is 0 Å². The van der Waals surface area contributed by atoms with Gasteiger partial charge in [0.15, 0.2) is 0 Å². The van der Waals surface area contributed by atoms with Crippen molar-refractivity contribution in [2.75, 3.05) is 39.3 Å². The molecule has 0 saturated carbocycles. The maximum absolute atomic E-state index is 8.46. The van der Waals surface area contributed by atoms with Gasteiger partial charge in [-0.2, -0.15) is 0 Å². The van der Waals surface area contributed by atoms with E-state index in [-0.39, 0.29) is 6.61 Å². The molecule has 0 aliphatic rings. The Morgan fingerprint density at radius 1 is 1.00 bits per heavy atom. The lowest BCUT2D eigenvalue weighted by molar-refractivity contribution is 0.208. The van der Waals surface area contributed by atoms with Crippen LogP contribution in [0.3, 0.4) is 0 Å². The molecule has 82 valence electrons. The van der Waals surface area contributed by atoms with Crippen molar-refractivity contribution in [3.8, 4) is 0 Å². The van der Waals surface area contributed by atoms with Gasteiger partial charge >= 0.3 is 0 Å². The third-order valence-electron chi connectivity index (χ3n) is 1.81. The first-order valence-electron chi connectivity index (χ1n) is 5.30. The molecule has 2 N–H and O–H groups in total. The van der Waals surface area contributed by atoms with Crippen LogP contribution >= 0.6 is 0 Å². The van der Waals surface area contributed by atoms with Crippen LogP contribution in [0.25, 0.3) is 0 Å².